The van der Waals surface area contributed by atoms with Crippen molar-refractivity contribution >= 4 is 35.0 Å². The van der Waals surface area contributed by atoms with Crippen molar-refractivity contribution < 1.29 is 32.0 Å². The van der Waals surface area contributed by atoms with Gasteiger partial charge in [-0.1, -0.05) is 40.5 Å². The van der Waals surface area contributed by atoms with Crippen LogP contribution in [0.3, 0.4) is 0 Å². The monoisotopic (exact) mass is 528 g/mol. The Labute approximate surface area is 206 Å². The first-order valence-electron chi connectivity index (χ1n) is 10.3. The third kappa shape index (κ3) is 5.92. The predicted molar refractivity (Wildman–Crippen MR) is 119 cm³/mol. The topological polar surface area (TPSA) is 97.6 Å². The molecule has 8 nitrogen and oxygen atoms in total. The van der Waals surface area contributed by atoms with Gasteiger partial charge in [0.05, 0.1) is 19.3 Å². The summed E-state index contributed by atoms with van der Waals surface area (Å²) >= 11 is 12.0. The SMILES string of the molecule is O=C(NCC1COCCN1C(=O)c1cc(Cl)cc(Cl)c1)c1ccc(-c2noc(C(F)(F)F)n2)cc1. The number of amides is 2. The molecule has 2 heterocycles. The molecule has 1 aromatic heterocycles. The van der Waals surface area contributed by atoms with Crippen LogP contribution in [0.15, 0.2) is 47.0 Å². The third-order valence-electron chi connectivity index (χ3n) is 5.17. The van der Waals surface area contributed by atoms with Crippen molar-refractivity contribution in [2.75, 3.05) is 26.3 Å². The van der Waals surface area contributed by atoms with E-state index >= 15 is 0 Å². The maximum atomic E-state index is 13.0. The molecule has 1 aliphatic rings. The summed E-state index contributed by atoms with van der Waals surface area (Å²) in [5.41, 5.74) is 0.828. The number of aromatic nitrogens is 2. The van der Waals surface area contributed by atoms with Crippen molar-refractivity contribution in [3.63, 3.8) is 0 Å². The minimum atomic E-state index is -4.75. The zero-order valence-electron chi connectivity index (χ0n) is 17.8. The second-order valence-electron chi connectivity index (χ2n) is 7.59. The molecule has 0 saturated carbocycles. The summed E-state index contributed by atoms with van der Waals surface area (Å²) in [6.45, 7) is 1.000. The van der Waals surface area contributed by atoms with Gasteiger partial charge in [-0.15, -0.1) is 0 Å². The highest BCUT2D eigenvalue weighted by molar-refractivity contribution is 6.35. The molecule has 2 aromatic carbocycles. The molecule has 0 bridgehead atoms. The highest BCUT2D eigenvalue weighted by atomic mass is 35.5. The van der Waals surface area contributed by atoms with Crippen LogP contribution >= 0.6 is 23.2 Å². The van der Waals surface area contributed by atoms with Gasteiger partial charge in [-0.25, -0.2) is 0 Å². The van der Waals surface area contributed by atoms with Crippen LogP contribution in [0, 0.1) is 0 Å². The molecule has 1 aliphatic heterocycles. The first kappa shape index (κ1) is 25.0. The number of hydrogen-bond acceptors (Lipinski definition) is 6. The Balaban J connectivity index is 1.40. The van der Waals surface area contributed by atoms with Gasteiger partial charge >= 0.3 is 12.1 Å². The summed E-state index contributed by atoms with van der Waals surface area (Å²) in [5.74, 6) is -2.44. The first-order chi connectivity index (χ1) is 16.6. The number of ether oxygens (including phenoxy) is 1. The molecule has 0 spiro atoms. The van der Waals surface area contributed by atoms with E-state index in [4.69, 9.17) is 27.9 Å². The summed E-state index contributed by atoms with van der Waals surface area (Å²) in [6.07, 6.45) is -4.75. The Kier molecular flexibility index (Phi) is 7.29. The van der Waals surface area contributed by atoms with Gasteiger partial charge in [0, 0.05) is 39.8 Å². The fourth-order valence-corrected chi connectivity index (χ4v) is 4.00. The zero-order valence-corrected chi connectivity index (χ0v) is 19.3. The normalized spacial score (nSPS) is 16.3. The van der Waals surface area contributed by atoms with Crippen LogP contribution in [0.25, 0.3) is 11.4 Å². The van der Waals surface area contributed by atoms with Crippen molar-refractivity contribution in [3.05, 3.63) is 69.5 Å². The molecule has 1 N–H and O–H groups in total. The molecule has 1 unspecified atom stereocenters. The molecule has 184 valence electrons. The fourth-order valence-electron chi connectivity index (χ4n) is 3.47. The molecule has 35 heavy (non-hydrogen) atoms. The molecular formula is C22H17Cl2F3N4O4. The van der Waals surface area contributed by atoms with Gasteiger partial charge in [0.25, 0.3) is 11.8 Å². The van der Waals surface area contributed by atoms with Gasteiger partial charge in [-0.2, -0.15) is 18.2 Å². The standard InChI is InChI=1S/C22H17Cl2F3N4O4/c23-15-7-14(8-16(24)9-15)20(33)31-5-6-34-11-17(31)10-28-19(32)13-3-1-12(2-4-13)18-29-21(35-30-18)22(25,26)27/h1-4,7-9,17H,5-6,10-11H2,(H,28,32). The molecule has 4 rings (SSSR count). The lowest BCUT2D eigenvalue weighted by molar-refractivity contribution is -0.159. The van der Waals surface area contributed by atoms with Gasteiger partial charge in [0.1, 0.15) is 0 Å². The third-order valence-corrected chi connectivity index (χ3v) is 5.61. The Bertz CT molecular complexity index is 1210. The lowest BCUT2D eigenvalue weighted by atomic mass is 10.1. The number of benzene rings is 2. The fraction of sp³-hybridized carbons (Fsp3) is 0.273. The lowest BCUT2D eigenvalue weighted by Crippen LogP contribution is -2.53. The average Bonchev–Trinajstić information content (AvgIpc) is 3.33. The van der Waals surface area contributed by atoms with Crippen molar-refractivity contribution in [2.45, 2.75) is 12.2 Å². The average molecular weight is 529 g/mol. The number of halogens is 5. The second kappa shape index (κ2) is 10.2. The van der Waals surface area contributed by atoms with Crippen LogP contribution in [-0.2, 0) is 10.9 Å². The summed E-state index contributed by atoms with van der Waals surface area (Å²) in [5, 5.41) is 6.72. The number of carbonyl (C=O) groups excluding carboxylic acids is 2. The second-order valence-corrected chi connectivity index (χ2v) is 8.47. The summed E-state index contributed by atoms with van der Waals surface area (Å²) in [4.78, 5) is 30.5. The van der Waals surface area contributed by atoms with Crippen LogP contribution in [0.1, 0.15) is 26.6 Å². The summed E-state index contributed by atoms with van der Waals surface area (Å²) < 4.78 is 47.6. The van der Waals surface area contributed by atoms with Crippen molar-refractivity contribution in [1.82, 2.24) is 20.4 Å². The van der Waals surface area contributed by atoms with Gasteiger partial charge in [0.2, 0.25) is 5.82 Å². The van der Waals surface area contributed by atoms with Crippen molar-refractivity contribution in [2.24, 2.45) is 0 Å². The number of nitrogens with one attached hydrogen (secondary N) is 1. The van der Waals surface area contributed by atoms with Gasteiger partial charge < -0.3 is 19.5 Å². The minimum Gasteiger partial charge on any atom is -0.377 e. The van der Waals surface area contributed by atoms with E-state index in [1.807, 2.05) is 0 Å². The van der Waals surface area contributed by atoms with Crippen molar-refractivity contribution in [3.8, 4) is 11.4 Å². The molecule has 1 saturated heterocycles. The van der Waals surface area contributed by atoms with E-state index in [1.165, 1.54) is 42.5 Å². The van der Waals surface area contributed by atoms with Crippen LogP contribution in [-0.4, -0.2) is 59.2 Å². The molecule has 0 aliphatic carbocycles. The van der Waals surface area contributed by atoms with Gasteiger partial charge in [-0.05, 0) is 30.3 Å². The molecule has 2 amide bonds. The highest BCUT2D eigenvalue weighted by Gasteiger charge is 2.38. The maximum Gasteiger partial charge on any atom is 0.471 e. The molecule has 0 radical (unpaired) electrons. The Morgan fingerprint density at radius 1 is 1.09 bits per heavy atom. The minimum absolute atomic E-state index is 0.112. The number of carbonyl (C=O) groups is 2. The molecule has 1 atom stereocenters. The molecule has 1 fully saturated rings. The number of rotatable bonds is 5. The molecular weight excluding hydrogens is 512 g/mol. The molecule has 3 aromatic rings. The summed E-state index contributed by atoms with van der Waals surface area (Å²) in [6, 6.07) is 9.77. The van der Waals surface area contributed by atoms with E-state index in [1.54, 1.807) is 4.90 Å². The van der Waals surface area contributed by atoms with E-state index < -0.39 is 24.0 Å². The predicted octanol–water partition coefficient (Wildman–Crippen LogP) is 4.33. The van der Waals surface area contributed by atoms with E-state index in [-0.39, 0.29) is 36.0 Å². The van der Waals surface area contributed by atoms with Crippen LogP contribution in [0.2, 0.25) is 10.0 Å². The van der Waals surface area contributed by atoms with Gasteiger partial charge in [-0.3, -0.25) is 9.59 Å². The van der Waals surface area contributed by atoms with Crippen LogP contribution in [0.4, 0.5) is 13.2 Å². The highest BCUT2D eigenvalue weighted by Crippen LogP contribution is 2.29. The smallest absolute Gasteiger partial charge is 0.377 e. The number of alkyl halides is 3. The van der Waals surface area contributed by atoms with E-state index in [9.17, 15) is 22.8 Å². The largest absolute Gasteiger partial charge is 0.471 e. The maximum absolute atomic E-state index is 13.0. The van der Waals surface area contributed by atoms with Gasteiger partial charge in [0.15, 0.2) is 0 Å². The first-order valence-corrected chi connectivity index (χ1v) is 11.0. The molecule has 13 heteroatoms. The Morgan fingerprint density at radius 3 is 2.40 bits per heavy atom. The van der Waals surface area contributed by atoms with Crippen LogP contribution < -0.4 is 5.32 Å². The Morgan fingerprint density at radius 2 is 1.77 bits per heavy atom. The number of nitrogens with zero attached hydrogens (tertiary/aromatic N) is 3. The number of hydrogen-bond donors (Lipinski definition) is 1. The Hall–Kier alpha value is -3.15. The quantitative estimate of drug-likeness (QED) is 0.529. The van der Waals surface area contributed by atoms with Crippen molar-refractivity contribution in [1.29, 1.82) is 0 Å². The number of morpholine rings is 1. The van der Waals surface area contributed by atoms with Crippen LogP contribution in [0.5, 0.6) is 0 Å². The summed E-state index contributed by atoms with van der Waals surface area (Å²) in [7, 11) is 0. The van der Waals surface area contributed by atoms with E-state index in [0.717, 1.165) is 0 Å². The van der Waals surface area contributed by atoms with E-state index in [0.29, 0.717) is 28.8 Å². The zero-order chi connectivity index (χ0) is 25.2. The lowest BCUT2D eigenvalue weighted by Gasteiger charge is -2.35. The van der Waals surface area contributed by atoms with E-state index in [2.05, 4.69) is 20.0 Å².